The van der Waals surface area contributed by atoms with Crippen LogP contribution in [-0.4, -0.2) is 28.6 Å². The Morgan fingerprint density at radius 2 is 1.91 bits per heavy atom. The number of sulfonamides is 1. The van der Waals surface area contributed by atoms with Crippen LogP contribution in [0.1, 0.15) is 0 Å². The summed E-state index contributed by atoms with van der Waals surface area (Å²) in [5, 5.41) is 10.9. The summed E-state index contributed by atoms with van der Waals surface area (Å²) in [6, 6.07) is 13.3. The summed E-state index contributed by atoms with van der Waals surface area (Å²) in [5.41, 5.74) is 1.08. The van der Waals surface area contributed by atoms with Crippen LogP contribution < -0.4 is 4.72 Å². The van der Waals surface area contributed by atoms with Crippen LogP contribution in [-0.2, 0) is 10.0 Å². The molecule has 7 nitrogen and oxygen atoms in total. The van der Waals surface area contributed by atoms with Crippen LogP contribution in [0.5, 0.6) is 0 Å². The lowest BCUT2D eigenvalue weighted by Crippen LogP contribution is -2.13. The zero-order chi connectivity index (χ0) is 15.6. The number of aromatic nitrogens is 4. The molecule has 0 saturated heterocycles. The predicted octanol–water partition coefficient (Wildman–Crippen LogP) is 2.23. The van der Waals surface area contributed by atoms with Crippen molar-refractivity contribution in [2.45, 2.75) is 4.90 Å². The van der Waals surface area contributed by atoms with Crippen molar-refractivity contribution >= 4 is 31.6 Å². The number of tetrazole rings is 1. The molecular weight excluding hydrogens is 370 g/mol. The number of halogens is 1. The molecular formula is C13H10BrN5O2S. The Balaban J connectivity index is 1.91. The van der Waals surface area contributed by atoms with Gasteiger partial charge in [0.25, 0.3) is 10.0 Å². The largest absolute Gasteiger partial charge is 0.280 e. The van der Waals surface area contributed by atoms with Crippen molar-refractivity contribution in [3.8, 4) is 5.69 Å². The zero-order valence-electron chi connectivity index (χ0n) is 11.1. The van der Waals surface area contributed by atoms with E-state index in [1.165, 1.54) is 23.1 Å². The van der Waals surface area contributed by atoms with Gasteiger partial charge in [0.1, 0.15) is 6.33 Å². The van der Waals surface area contributed by atoms with Crippen molar-refractivity contribution in [1.82, 2.24) is 20.2 Å². The lowest BCUT2D eigenvalue weighted by atomic mass is 10.3. The van der Waals surface area contributed by atoms with Gasteiger partial charge in [0.2, 0.25) is 0 Å². The van der Waals surface area contributed by atoms with Crippen molar-refractivity contribution in [3.05, 3.63) is 59.3 Å². The number of rotatable bonds is 4. The van der Waals surface area contributed by atoms with Gasteiger partial charge in [0, 0.05) is 4.47 Å². The molecule has 0 unspecified atom stereocenters. The summed E-state index contributed by atoms with van der Waals surface area (Å²) in [6.45, 7) is 0. The minimum absolute atomic E-state index is 0.176. The third-order valence-electron chi connectivity index (χ3n) is 2.82. The fourth-order valence-electron chi connectivity index (χ4n) is 1.84. The number of hydrogen-bond donors (Lipinski definition) is 1. The van der Waals surface area contributed by atoms with Crippen LogP contribution in [0.3, 0.4) is 0 Å². The lowest BCUT2D eigenvalue weighted by molar-refractivity contribution is 0.601. The second-order valence-electron chi connectivity index (χ2n) is 4.37. The lowest BCUT2D eigenvalue weighted by Gasteiger charge is -2.09. The fourth-order valence-corrected chi connectivity index (χ4v) is 3.49. The Morgan fingerprint density at radius 3 is 2.64 bits per heavy atom. The number of nitrogens with zero attached hydrogens (tertiary/aromatic N) is 4. The van der Waals surface area contributed by atoms with Gasteiger partial charge in [-0.2, -0.15) is 0 Å². The van der Waals surface area contributed by atoms with Crippen molar-refractivity contribution in [1.29, 1.82) is 0 Å². The normalized spacial score (nSPS) is 11.3. The van der Waals surface area contributed by atoms with Crippen LogP contribution in [0, 0.1) is 0 Å². The summed E-state index contributed by atoms with van der Waals surface area (Å²) in [7, 11) is -3.66. The van der Waals surface area contributed by atoms with Gasteiger partial charge >= 0.3 is 0 Å². The Kier molecular flexibility index (Phi) is 3.90. The molecule has 0 aliphatic carbocycles. The smallest absolute Gasteiger partial charge is 0.261 e. The monoisotopic (exact) mass is 379 g/mol. The molecule has 3 rings (SSSR count). The first-order valence-electron chi connectivity index (χ1n) is 6.16. The van der Waals surface area contributed by atoms with Crippen molar-refractivity contribution in [2.75, 3.05) is 4.72 Å². The molecule has 0 amide bonds. The molecule has 1 heterocycles. The molecule has 0 radical (unpaired) electrons. The third-order valence-corrected chi connectivity index (χ3v) is 4.69. The maximum Gasteiger partial charge on any atom is 0.261 e. The van der Waals surface area contributed by atoms with E-state index in [9.17, 15) is 8.42 Å². The standard InChI is InChI=1S/C13H10BrN5O2S/c14-10-3-1-6-13(7-10)22(20,21)16-11-4-2-5-12(8-11)19-9-15-17-18-19/h1-9,16H. The zero-order valence-corrected chi connectivity index (χ0v) is 13.5. The molecule has 0 atom stereocenters. The van der Waals surface area contributed by atoms with E-state index in [-0.39, 0.29) is 4.90 Å². The van der Waals surface area contributed by atoms with Crippen LogP contribution >= 0.6 is 15.9 Å². The highest BCUT2D eigenvalue weighted by Crippen LogP contribution is 2.20. The molecule has 0 bridgehead atoms. The molecule has 0 saturated carbocycles. The molecule has 9 heteroatoms. The summed E-state index contributed by atoms with van der Waals surface area (Å²) in [5.74, 6) is 0. The average molecular weight is 380 g/mol. The minimum Gasteiger partial charge on any atom is -0.280 e. The molecule has 1 aromatic heterocycles. The molecule has 3 aromatic rings. The first kappa shape index (κ1) is 14.7. The molecule has 0 fully saturated rings. The Labute approximate surface area is 135 Å². The molecule has 0 aliphatic rings. The minimum atomic E-state index is -3.66. The van der Waals surface area contributed by atoms with Gasteiger partial charge in [-0.3, -0.25) is 4.72 Å². The third kappa shape index (κ3) is 3.15. The maximum absolute atomic E-state index is 12.4. The van der Waals surface area contributed by atoms with E-state index in [2.05, 4.69) is 36.2 Å². The Morgan fingerprint density at radius 1 is 1.09 bits per heavy atom. The summed E-state index contributed by atoms with van der Waals surface area (Å²) in [6.07, 6.45) is 1.43. The summed E-state index contributed by atoms with van der Waals surface area (Å²) < 4.78 is 29.4. The quantitative estimate of drug-likeness (QED) is 0.750. The van der Waals surface area contributed by atoms with Crippen molar-refractivity contribution in [2.24, 2.45) is 0 Å². The van der Waals surface area contributed by atoms with E-state index in [1.54, 1.807) is 36.4 Å². The second-order valence-corrected chi connectivity index (χ2v) is 6.97. The van der Waals surface area contributed by atoms with Crippen LogP contribution in [0.2, 0.25) is 0 Å². The molecule has 0 aliphatic heterocycles. The maximum atomic E-state index is 12.4. The van der Waals surface area contributed by atoms with Gasteiger partial charge in [-0.15, -0.1) is 5.10 Å². The summed E-state index contributed by atoms with van der Waals surface area (Å²) in [4.78, 5) is 0.176. The summed E-state index contributed by atoms with van der Waals surface area (Å²) >= 11 is 3.26. The van der Waals surface area contributed by atoms with Gasteiger partial charge in [-0.25, -0.2) is 13.1 Å². The van der Waals surface area contributed by atoms with Gasteiger partial charge < -0.3 is 0 Å². The fraction of sp³-hybridized carbons (Fsp3) is 0. The number of hydrogen-bond acceptors (Lipinski definition) is 5. The first-order valence-corrected chi connectivity index (χ1v) is 8.44. The van der Waals surface area contributed by atoms with Crippen LogP contribution in [0.25, 0.3) is 5.69 Å². The Bertz CT molecular complexity index is 896. The SMILES string of the molecule is O=S(=O)(Nc1cccc(-n2cnnn2)c1)c1cccc(Br)c1. The van der Waals surface area contributed by atoms with Gasteiger partial charge in [-0.05, 0) is 46.8 Å². The van der Waals surface area contributed by atoms with Crippen LogP contribution in [0.15, 0.2) is 64.2 Å². The number of benzene rings is 2. The number of anilines is 1. The first-order chi connectivity index (χ1) is 10.5. The predicted molar refractivity (Wildman–Crippen MR) is 84.1 cm³/mol. The molecule has 1 N–H and O–H groups in total. The van der Waals surface area contributed by atoms with Gasteiger partial charge in [0.05, 0.1) is 16.3 Å². The Hall–Kier alpha value is -2.26. The van der Waals surface area contributed by atoms with E-state index < -0.39 is 10.0 Å². The van der Waals surface area contributed by atoms with Crippen molar-refractivity contribution in [3.63, 3.8) is 0 Å². The highest BCUT2D eigenvalue weighted by molar-refractivity contribution is 9.10. The highest BCUT2D eigenvalue weighted by atomic mass is 79.9. The molecule has 22 heavy (non-hydrogen) atoms. The molecule has 112 valence electrons. The van der Waals surface area contributed by atoms with E-state index in [0.29, 0.717) is 15.8 Å². The van der Waals surface area contributed by atoms with E-state index in [1.807, 2.05) is 0 Å². The van der Waals surface area contributed by atoms with Gasteiger partial charge in [0.15, 0.2) is 0 Å². The van der Waals surface area contributed by atoms with E-state index in [0.717, 1.165) is 0 Å². The molecule has 0 spiro atoms. The highest BCUT2D eigenvalue weighted by Gasteiger charge is 2.14. The number of nitrogens with one attached hydrogen (secondary N) is 1. The van der Waals surface area contributed by atoms with Gasteiger partial charge in [-0.1, -0.05) is 28.1 Å². The van der Waals surface area contributed by atoms with E-state index in [4.69, 9.17) is 0 Å². The topological polar surface area (TPSA) is 89.8 Å². The van der Waals surface area contributed by atoms with E-state index >= 15 is 0 Å². The average Bonchev–Trinajstić information content (AvgIpc) is 3.01. The molecule has 2 aromatic carbocycles. The second kappa shape index (κ2) is 5.85. The van der Waals surface area contributed by atoms with Crippen LogP contribution in [0.4, 0.5) is 5.69 Å². The van der Waals surface area contributed by atoms with Crippen molar-refractivity contribution < 1.29 is 8.42 Å².